The fourth-order valence-corrected chi connectivity index (χ4v) is 2.53. The summed E-state index contributed by atoms with van der Waals surface area (Å²) in [7, 11) is 1.98. The Morgan fingerprint density at radius 3 is 2.54 bits per heavy atom. The highest BCUT2D eigenvalue weighted by atomic mass is 16.5. The van der Waals surface area contributed by atoms with Crippen molar-refractivity contribution >= 4 is 5.78 Å². The van der Waals surface area contributed by atoms with Crippen LogP contribution in [0.3, 0.4) is 0 Å². The van der Waals surface area contributed by atoms with E-state index in [0.29, 0.717) is 17.9 Å². The molecule has 2 unspecified atom stereocenters. The molecule has 2 rings (SSSR count). The maximum atomic E-state index is 11.4. The molecule has 0 spiro atoms. The highest BCUT2D eigenvalue weighted by Gasteiger charge is 2.16. The molecule has 24 heavy (non-hydrogen) atoms. The van der Waals surface area contributed by atoms with Gasteiger partial charge in [0, 0.05) is 18.2 Å². The lowest BCUT2D eigenvalue weighted by atomic mass is 10.1. The van der Waals surface area contributed by atoms with Gasteiger partial charge in [0.1, 0.15) is 18.5 Å². The summed E-state index contributed by atoms with van der Waals surface area (Å²) in [5.41, 5.74) is 1.82. The standard InChI is InChI=1S/C20H25NO3/c1-15(17-8-5-4-6-9-17)21(3)13-19(23)14-24-20-11-7-10-18(12-20)16(2)22/h4-12,15,19,23H,13-14H2,1-3H3. The highest BCUT2D eigenvalue weighted by Crippen LogP contribution is 2.19. The maximum absolute atomic E-state index is 11.4. The Morgan fingerprint density at radius 1 is 1.17 bits per heavy atom. The van der Waals surface area contributed by atoms with Crippen molar-refractivity contribution in [2.75, 3.05) is 20.2 Å². The van der Waals surface area contributed by atoms with Crippen LogP contribution in [0.1, 0.15) is 35.8 Å². The minimum atomic E-state index is -0.609. The maximum Gasteiger partial charge on any atom is 0.159 e. The Labute approximate surface area is 143 Å². The molecule has 0 amide bonds. The summed E-state index contributed by atoms with van der Waals surface area (Å²) in [5, 5.41) is 10.2. The van der Waals surface area contributed by atoms with Gasteiger partial charge in [-0.3, -0.25) is 9.69 Å². The Kier molecular flexibility index (Phi) is 6.53. The van der Waals surface area contributed by atoms with Crippen LogP contribution in [-0.4, -0.2) is 42.1 Å². The minimum absolute atomic E-state index is 0.00239. The number of likely N-dealkylation sites (N-methyl/N-ethyl adjacent to an activating group) is 1. The number of hydrogen-bond donors (Lipinski definition) is 1. The minimum Gasteiger partial charge on any atom is -0.491 e. The SMILES string of the molecule is CC(=O)c1cccc(OCC(O)CN(C)C(C)c2ccccc2)c1. The molecule has 0 saturated heterocycles. The zero-order valence-corrected chi connectivity index (χ0v) is 14.5. The van der Waals surface area contributed by atoms with Gasteiger partial charge in [0.25, 0.3) is 0 Å². The number of benzene rings is 2. The predicted molar refractivity (Wildman–Crippen MR) is 95.4 cm³/mol. The van der Waals surface area contributed by atoms with Gasteiger partial charge in [0.05, 0.1) is 0 Å². The number of hydrogen-bond acceptors (Lipinski definition) is 4. The van der Waals surface area contributed by atoms with E-state index in [-0.39, 0.29) is 18.4 Å². The molecule has 0 fully saturated rings. The number of ketones is 1. The molecule has 2 atom stereocenters. The first-order valence-electron chi connectivity index (χ1n) is 8.14. The van der Waals surface area contributed by atoms with Crippen LogP contribution in [0.15, 0.2) is 54.6 Å². The number of carbonyl (C=O) groups excluding carboxylic acids is 1. The van der Waals surface area contributed by atoms with Crippen molar-refractivity contribution in [2.45, 2.75) is 26.0 Å². The fourth-order valence-electron chi connectivity index (χ4n) is 2.53. The predicted octanol–water partition coefficient (Wildman–Crippen LogP) is 3.32. The van der Waals surface area contributed by atoms with Crippen molar-refractivity contribution in [1.82, 2.24) is 4.90 Å². The second-order valence-electron chi connectivity index (χ2n) is 6.08. The van der Waals surface area contributed by atoms with Crippen LogP contribution in [-0.2, 0) is 0 Å². The molecular weight excluding hydrogens is 302 g/mol. The van der Waals surface area contributed by atoms with Crippen LogP contribution in [0.2, 0.25) is 0 Å². The molecule has 1 N–H and O–H groups in total. The van der Waals surface area contributed by atoms with Gasteiger partial charge in [-0.15, -0.1) is 0 Å². The topological polar surface area (TPSA) is 49.8 Å². The summed E-state index contributed by atoms with van der Waals surface area (Å²) < 4.78 is 5.62. The molecule has 2 aromatic carbocycles. The van der Waals surface area contributed by atoms with Gasteiger partial charge in [-0.25, -0.2) is 0 Å². The second-order valence-corrected chi connectivity index (χ2v) is 6.08. The van der Waals surface area contributed by atoms with E-state index in [1.165, 1.54) is 12.5 Å². The number of carbonyl (C=O) groups is 1. The zero-order chi connectivity index (χ0) is 17.5. The van der Waals surface area contributed by atoms with E-state index in [1.807, 2.05) is 25.2 Å². The van der Waals surface area contributed by atoms with Crippen molar-refractivity contribution in [1.29, 1.82) is 0 Å². The molecule has 0 aliphatic heterocycles. The van der Waals surface area contributed by atoms with Gasteiger partial charge in [0.2, 0.25) is 0 Å². The van der Waals surface area contributed by atoms with Gasteiger partial charge >= 0.3 is 0 Å². The monoisotopic (exact) mass is 327 g/mol. The van der Waals surface area contributed by atoms with Crippen molar-refractivity contribution < 1.29 is 14.6 Å². The first-order chi connectivity index (χ1) is 11.5. The smallest absolute Gasteiger partial charge is 0.159 e. The Balaban J connectivity index is 1.85. The number of aliphatic hydroxyl groups excluding tert-OH is 1. The van der Waals surface area contributed by atoms with Crippen LogP contribution >= 0.6 is 0 Å². The summed E-state index contributed by atoms with van der Waals surface area (Å²) in [6, 6.07) is 17.4. The van der Waals surface area contributed by atoms with Crippen LogP contribution in [0.25, 0.3) is 0 Å². The molecule has 0 heterocycles. The van der Waals surface area contributed by atoms with Crippen LogP contribution in [0.5, 0.6) is 5.75 Å². The van der Waals surface area contributed by atoms with Gasteiger partial charge < -0.3 is 9.84 Å². The van der Waals surface area contributed by atoms with Gasteiger partial charge in [-0.2, -0.15) is 0 Å². The van der Waals surface area contributed by atoms with Crippen LogP contribution in [0.4, 0.5) is 0 Å². The van der Waals surface area contributed by atoms with E-state index in [1.54, 1.807) is 24.3 Å². The van der Waals surface area contributed by atoms with E-state index in [9.17, 15) is 9.90 Å². The molecule has 128 valence electrons. The molecule has 0 bridgehead atoms. The molecule has 0 aliphatic rings. The van der Waals surface area contributed by atoms with Gasteiger partial charge in [-0.05, 0) is 38.6 Å². The van der Waals surface area contributed by atoms with Crippen molar-refractivity contribution in [3.63, 3.8) is 0 Å². The molecule has 4 nitrogen and oxygen atoms in total. The van der Waals surface area contributed by atoms with Crippen molar-refractivity contribution in [3.8, 4) is 5.75 Å². The summed E-state index contributed by atoms with van der Waals surface area (Å²) in [5.74, 6) is 0.595. The second kappa shape index (κ2) is 8.62. The molecule has 4 heteroatoms. The average molecular weight is 327 g/mol. The van der Waals surface area contributed by atoms with E-state index < -0.39 is 6.10 Å². The number of Topliss-reactive ketones (excluding diaryl/α,β-unsaturated/α-hetero) is 1. The van der Waals surface area contributed by atoms with Crippen LogP contribution < -0.4 is 4.74 Å². The third-order valence-corrected chi connectivity index (χ3v) is 4.12. The number of aliphatic hydroxyl groups is 1. The molecule has 0 aromatic heterocycles. The molecule has 0 radical (unpaired) electrons. The number of rotatable bonds is 8. The molecule has 0 saturated carbocycles. The van der Waals surface area contributed by atoms with E-state index in [4.69, 9.17) is 4.74 Å². The lowest BCUT2D eigenvalue weighted by Crippen LogP contribution is -2.34. The lowest BCUT2D eigenvalue weighted by molar-refractivity contribution is 0.0653. The zero-order valence-electron chi connectivity index (χ0n) is 14.5. The van der Waals surface area contributed by atoms with E-state index in [0.717, 1.165) is 0 Å². The summed E-state index contributed by atoms with van der Waals surface area (Å²) in [6.45, 7) is 4.32. The quantitative estimate of drug-likeness (QED) is 0.756. The van der Waals surface area contributed by atoms with Crippen molar-refractivity contribution in [2.24, 2.45) is 0 Å². The van der Waals surface area contributed by atoms with Gasteiger partial charge in [0.15, 0.2) is 5.78 Å². The summed E-state index contributed by atoms with van der Waals surface area (Å²) in [4.78, 5) is 13.5. The van der Waals surface area contributed by atoms with Crippen LogP contribution in [0, 0.1) is 0 Å². The third-order valence-electron chi connectivity index (χ3n) is 4.12. The summed E-state index contributed by atoms with van der Waals surface area (Å²) in [6.07, 6.45) is -0.609. The van der Waals surface area contributed by atoms with Crippen molar-refractivity contribution in [3.05, 3.63) is 65.7 Å². The first kappa shape index (κ1) is 18.2. The van der Waals surface area contributed by atoms with E-state index in [2.05, 4.69) is 24.0 Å². The highest BCUT2D eigenvalue weighted by molar-refractivity contribution is 5.94. The van der Waals surface area contributed by atoms with E-state index >= 15 is 0 Å². The number of ether oxygens (including phenoxy) is 1. The fraction of sp³-hybridized carbons (Fsp3) is 0.350. The Hall–Kier alpha value is -2.17. The first-order valence-corrected chi connectivity index (χ1v) is 8.14. The largest absolute Gasteiger partial charge is 0.491 e. The third kappa shape index (κ3) is 5.18. The average Bonchev–Trinajstić information content (AvgIpc) is 2.60. The van der Waals surface area contributed by atoms with Gasteiger partial charge in [-0.1, -0.05) is 42.5 Å². The normalized spacial score (nSPS) is 13.5. The summed E-state index contributed by atoms with van der Waals surface area (Å²) >= 11 is 0. The lowest BCUT2D eigenvalue weighted by Gasteiger charge is -2.27. The Morgan fingerprint density at radius 2 is 1.88 bits per heavy atom. The molecular formula is C20H25NO3. The Bertz CT molecular complexity index is 657. The number of nitrogens with zero attached hydrogens (tertiary/aromatic N) is 1. The molecule has 0 aliphatic carbocycles. The molecule has 2 aromatic rings.